The molecule has 2 heteroatoms. The summed E-state index contributed by atoms with van der Waals surface area (Å²) in [4.78, 5) is 5.06. The van der Waals surface area contributed by atoms with Crippen LogP contribution in [-0.2, 0) is 5.41 Å². The van der Waals surface area contributed by atoms with Gasteiger partial charge in [-0.3, -0.25) is 0 Å². The molecule has 6 aromatic rings. The first-order chi connectivity index (χ1) is 23.1. The first-order valence-corrected chi connectivity index (χ1v) is 17.2. The van der Waals surface area contributed by atoms with Gasteiger partial charge < -0.3 is 9.80 Å². The number of allylic oxidation sites excluding steroid dienone is 2. The third kappa shape index (κ3) is 5.92. The number of nitrogens with zero attached hydrogens (tertiary/aromatic N) is 2. The van der Waals surface area contributed by atoms with E-state index >= 15 is 0 Å². The quantitative estimate of drug-likeness (QED) is 0.134. The van der Waals surface area contributed by atoms with Crippen molar-refractivity contribution in [1.82, 2.24) is 0 Å². The number of hydrogen-bond acceptors (Lipinski definition) is 2. The van der Waals surface area contributed by atoms with Gasteiger partial charge in [-0.2, -0.15) is 0 Å². The van der Waals surface area contributed by atoms with Gasteiger partial charge in [0.05, 0.1) is 17.4 Å². The molecule has 7 rings (SSSR count). The standard InChI is InChI=1S/C46H46N2/c1-31-12-21-36(22-13-31)47(37-23-14-32(2)15-24-37)44-40-10-8-9-11-41(40)45(43-30-35(46(5,6)7)20-29-42(43)44)48(38-25-16-33(3)17-26-38)39-27-18-34(4)19-28-39/h8-27,29-30,39H,28H2,1-7H3. The van der Waals surface area contributed by atoms with Gasteiger partial charge in [0.2, 0.25) is 0 Å². The highest BCUT2D eigenvalue weighted by Crippen LogP contribution is 2.51. The molecule has 0 radical (unpaired) electrons. The summed E-state index contributed by atoms with van der Waals surface area (Å²) in [5.41, 5.74) is 12.4. The van der Waals surface area contributed by atoms with E-state index in [0.717, 1.165) is 17.8 Å². The Balaban J connectivity index is 1.63. The van der Waals surface area contributed by atoms with Crippen molar-refractivity contribution < 1.29 is 0 Å². The molecule has 1 aliphatic rings. The second-order valence-corrected chi connectivity index (χ2v) is 14.6. The monoisotopic (exact) mass is 626 g/mol. The number of rotatable bonds is 6. The first-order valence-electron chi connectivity index (χ1n) is 17.2. The summed E-state index contributed by atoms with van der Waals surface area (Å²) < 4.78 is 0. The van der Waals surface area contributed by atoms with E-state index in [1.807, 2.05) is 0 Å². The molecule has 0 aromatic heterocycles. The van der Waals surface area contributed by atoms with Crippen molar-refractivity contribution in [2.75, 3.05) is 9.80 Å². The lowest BCUT2D eigenvalue weighted by molar-refractivity contribution is 0.591. The Kier molecular flexibility index (Phi) is 8.21. The van der Waals surface area contributed by atoms with Gasteiger partial charge in [-0.25, -0.2) is 0 Å². The summed E-state index contributed by atoms with van der Waals surface area (Å²) in [7, 11) is 0. The van der Waals surface area contributed by atoms with Crippen LogP contribution in [0.5, 0.6) is 0 Å². The third-order valence-electron chi connectivity index (χ3n) is 9.79. The van der Waals surface area contributed by atoms with E-state index in [9.17, 15) is 0 Å². The topological polar surface area (TPSA) is 6.48 Å². The molecule has 0 spiro atoms. The second kappa shape index (κ2) is 12.5. The smallest absolute Gasteiger partial charge is 0.0619 e. The summed E-state index contributed by atoms with van der Waals surface area (Å²) in [5, 5.41) is 4.98. The minimum absolute atomic E-state index is 0.00977. The Hall–Kier alpha value is -5.08. The molecular formula is C46H46N2. The molecule has 0 fully saturated rings. The summed E-state index contributed by atoms with van der Waals surface area (Å²) >= 11 is 0. The zero-order valence-corrected chi connectivity index (χ0v) is 29.4. The predicted molar refractivity (Wildman–Crippen MR) is 209 cm³/mol. The summed E-state index contributed by atoms with van der Waals surface area (Å²) in [6.45, 7) is 15.6. The summed E-state index contributed by atoms with van der Waals surface area (Å²) in [6.07, 6.45) is 8.00. The fraction of sp³-hybridized carbons (Fsp3) is 0.217. The number of anilines is 5. The van der Waals surface area contributed by atoms with Crippen LogP contribution in [0, 0.1) is 20.8 Å². The third-order valence-corrected chi connectivity index (χ3v) is 9.79. The summed E-state index contributed by atoms with van der Waals surface area (Å²) in [6, 6.07) is 43.4. The van der Waals surface area contributed by atoms with E-state index in [1.165, 1.54) is 66.4 Å². The number of benzene rings is 6. The minimum atomic E-state index is -0.00977. The molecule has 0 N–H and O–H groups in total. The molecule has 240 valence electrons. The average Bonchev–Trinajstić information content (AvgIpc) is 3.08. The van der Waals surface area contributed by atoms with Gasteiger partial charge >= 0.3 is 0 Å². The molecule has 0 heterocycles. The molecule has 0 saturated heterocycles. The minimum Gasteiger partial charge on any atom is -0.333 e. The highest BCUT2D eigenvalue weighted by Gasteiger charge is 2.28. The molecule has 2 nitrogen and oxygen atoms in total. The first kappa shape index (κ1) is 31.5. The van der Waals surface area contributed by atoms with Crippen LogP contribution in [0.3, 0.4) is 0 Å². The fourth-order valence-electron chi connectivity index (χ4n) is 6.99. The molecule has 0 saturated carbocycles. The van der Waals surface area contributed by atoms with E-state index in [4.69, 9.17) is 0 Å². The molecule has 0 bridgehead atoms. The van der Waals surface area contributed by atoms with Crippen molar-refractivity contribution in [2.45, 2.75) is 66.3 Å². The molecular weight excluding hydrogens is 581 g/mol. The van der Waals surface area contributed by atoms with Crippen molar-refractivity contribution in [2.24, 2.45) is 0 Å². The van der Waals surface area contributed by atoms with Crippen LogP contribution in [0.2, 0.25) is 0 Å². The fourth-order valence-corrected chi connectivity index (χ4v) is 6.99. The predicted octanol–water partition coefficient (Wildman–Crippen LogP) is 13.1. The van der Waals surface area contributed by atoms with Gasteiger partial charge in [0.15, 0.2) is 0 Å². The van der Waals surface area contributed by atoms with Gasteiger partial charge in [0.25, 0.3) is 0 Å². The van der Waals surface area contributed by atoms with Gasteiger partial charge in [0.1, 0.15) is 0 Å². The van der Waals surface area contributed by atoms with E-state index in [2.05, 4.69) is 192 Å². The van der Waals surface area contributed by atoms with Crippen LogP contribution >= 0.6 is 0 Å². The van der Waals surface area contributed by atoms with Crippen LogP contribution in [0.25, 0.3) is 21.5 Å². The van der Waals surface area contributed by atoms with Crippen molar-refractivity contribution in [3.05, 3.63) is 161 Å². The molecule has 48 heavy (non-hydrogen) atoms. The van der Waals surface area contributed by atoms with Gasteiger partial charge in [-0.1, -0.05) is 134 Å². The van der Waals surface area contributed by atoms with E-state index < -0.39 is 0 Å². The maximum Gasteiger partial charge on any atom is 0.0619 e. The maximum atomic E-state index is 2.60. The second-order valence-electron chi connectivity index (χ2n) is 14.6. The molecule has 1 aliphatic carbocycles. The SMILES string of the molecule is CC1=CCC(N(c2ccc(C)cc2)c2c3ccccc3c(N(c3ccc(C)cc3)c3ccc(C)cc3)c3ccc(C(C)(C)C)cc23)C=C1. The maximum absolute atomic E-state index is 2.60. The Morgan fingerprint density at radius 2 is 1.04 bits per heavy atom. The number of hydrogen-bond donors (Lipinski definition) is 0. The lowest BCUT2D eigenvalue weighted by Crippen LogP contribution is -2.30. The molecule has 1 atom stereocenters. The molecule has 0 aliphatic heterocycles. The van der Waals surface area contributed by atoms with E-state index in [0.29, 0.717) is 0 Å². The zero-order valence-electron chi connectivity index (χ0n) is 29.4. The molecule has 1 unspecified atom stereocenters. The Labute approximate surface area is 286 Å². The van der Waals surface area contributed by atoms with Crippen LogP contribution < -0.4 is 9.80 Å². The highest BCUT2D eigenvalue weighted by atomic mass is 15.2. The Bertz CT molecular complexity index is 2110. The van der Waals surface area contributed by atoms with Crippen LogP contribution in [-0.4, -0.2) is 6.04 Å². The van der Waals surface area contributed by atoms with Crippen LogP contribution in [0.1, 0.15) is 56.4 Å². The van der Waals surface area contributed by atoms with Crippen LogP contribution in [0.4, 0.5) is 28.4 Å². The largest absolute Gasteiger partial charge is 0.333 e. The van der Waals surface area contributed by atoms with Crippen molar-refractivity contribution in [3.8, 4) is 0 Å². The van der Waals surface area contributed by atoms with E-state index in [-0.39, 0.29) is 11.5 Å². The van der Waals surface area contributed by atoms with Gasteiger partial charge in [-0.05, 0) is 87.6 Å². The van der Waals surface area contributed by atoms with Crippen molar-refractivity contribution in [1.29, 1.82) is 0 Å². The molecule has 6 aromatic carbocycles. The normalized spacial score (nSPS) is 14.7. The summed E-state index contributed by atoms with van der Waals surface area (Å²) in [5.74, 6) is 0. The lowest BCUT2D eigenvalue weighted by atomic mass is 9.84. The number of aryl methyl sites for hydroxylation is 3. The number of fused-ring (bicyclic) bond motifs is 2. The van der Waals surface area contributed by atoms with Gasteiger partial charge in [-0.15, -0.1) is 0 Å². The molecule has 0 amide bonds. The zero-order chi connectivity index (χ0) is 33.6. The van der Waals surface area contributed by atoms with Gasteiger partial charge in [0, 0.05) is 38.6 Å². The van der Waals surface area contributed by atoms with E-state index in [1.54, 1.807) is 0 Å². The average molecular weight is 627 g/mol. The lowest BCUT2D eigenvalue weighted by Gasteiger charge is -2.37. The Morgan fingerprint density at radius 1 is 0.542 bits per heavy atom. The van der Waals surface area contributed by atoms with Crippen molar-refractivity contribution in [3.63, 3.8) is 0 Å². The van der Waals surface area contributed by atoms with Crippen LogP contribution in [0.15, 0.2) is 139 Å². The highest BCUT2D eigenvalue weighted by molar-refractivity contribution is 6.22. The Morgan fingerprint density at radius 3 is 1.54 bits per heavy atom. The van der Waals surface area contributed by atoms with Crippen molar-refractivity contribution >= 4 is 50.0 Å².